The first-order chi connectivity index (χ1) is 16.0. The molecule has 0 saturated carbocycles. The van der Waals surface area contributed by atoms with E-state index in [-0.39, 0.29) is 0 Å². The molecule has 1 aliphatic heterocycles. The second-order valence-corrected chi connectivity index (χ2v) is 9.91. The molecule has 0 amide bonds. The highest BCUT2D eigenvalue weighted by molar-refractivity contribution is 7.22. The molecule has 0 N–H and O–H groups in total. The van der Waals surface area contributed by atoms with Gasteiger partial charge in [-0.05, 0) is 43.3 Å². The van der Waals surface area contributed by atoms with Crippen LogP contribution in [0.5, 0.6) is 5.75 Å². The van der Waals surface area contributed by atoms with Crippen LogP contribution in [0.25, 0.3) is 32.0 Å². The van der Waals surface area contributed by atoms with Gasteiger partial charge >= 0.3 is 0 Å². The van der Waals surface area contributed by atoms with E-state index >= 15 is 0 Å². The van der Waals surface area contributed by atoms with Crippen LogP contribution in [0.3, 0.4) is 0 Å². The van der Waals surface area contributed by atoms with Crippen LogP contribution in [0.15, 0.2) is 41.3 Å². The summed E-state index contributed by atoms with van der Waals surface area (Å²) < 4.78 is 11.8. The van der Waals surface area contributed by atoms with Crippen LogP contribution in [0.4, 0.5) is 0 Å². The van der Waals surface area contributed by atoms with Gasteiger partial charge in [-0.15, -0.1) is 11.3 Å². The molecule has 0 bridgehead atoms. The van der Waals surface area contributed by atoms with Gasteiger partial charge in [0.25, 0.3) is 0 Å². The first-order valence-corrected chi connectivity index (χ1v) is 12.4. The third-order valence-electron chi connectivity index (χ3n) is 6.07. The molecule has 1 saturated heterocycles. The number of halogens is 2. The van der Waals surface area contributed by atoms with E-state index < -0.39 is 0 Å². The highest BCUT2D eigenvalue weighted by Gasteiger charge is 2.24. The van der Waals surface area contributed by atoms with Crippen molar-refractivity contribution in [1.29, 1.82) is 0 Å². The molecule has 5 rings (SSSR count). The van der Waals surface area contributed by atoms with Crippen molar-refractivity contribution in [3.05, 3.63) is 52.6 Å². The Morgan fingerprint density at radius 2 is 1.94 bits per heavy atom. The molecule has 0 aliphatic carbocycles. The molecule has 3 aromatic heterocycles. The van der Waals surface area contributed by atoms with E-state index in [4.69, 9.17) is 32.4 Å². The summed E-state index contributed by atoms with van der Waals surface area (Å²) in [6.45, 7) is 7.79. The molecule has 0 atom stereocenters. The van der Waals surface area contributed by atoms with Crippen LogP contribution >= 0.6 is 34.5 Å². The highest BCUT2D eigenvalue weighted by Crippen LogP contribution is 2.48. The van der Waals surface area contributed by atoms with Crippen molar-refractivity contribution in [3.8, 4) is 27.5 Å². The van der Waals surface area contributed by atoms with Gasteiger partial charge in [0, 0.05) is 38.3 Å². The predicted molar refractivity (Wildman–Crippen MR) is 135 cm³/mol. The number of rotatable bonds is 6. The zero-order valence-corrected chi connectivity index (χ0v) is 20.8. The van der Waals surface area contributed by atoms with Crippen LogP contribution in [0.1, 0.15) is 5.56 Å². The van der Waals surface area contributed by atoms with E-state index in [0.717, 1.165) is 70.3 Å². The van der Waals surface area contributed by atoms with Crippen LogP contribution in [-0.2, 0) is 0 Å². The number of furan rings is 1. The van der Waals surface area contributed by atoms with Crippen molar-refractivity contribution in [2.75, 3.05) is 46.4 Å². The van der Waals surface area contributed by atoms with Crippen LogP contribution in [0, 0.1) is 6.92 Å². The van der Waals surface area contributed by atoms with E-state index in [1.807, 2.05) is 31.2 Å². The Kier molecular flexibility index (Phi) is 6.58. The lowest BCUT2D eigenvalue weighted by molar-refractivity contribution is 0.134. The molecule has 0 radical (unpaired) electrons. The minimum atomic E-state index is 0.409. The third kappa shape index (κ3) is 4.48. The van der Waals surface area contributed by atoms with Gasteiger partial charge in [0.2, 0.25) is 0 Å². The molecule has 33 heavy (non-hydrogen) atoms. The SMILES string of the molecule is Cc1c(-c2c(-c3ccco3)sc3ncnc(Cl)c23)ccc(OCCN2CCN(C)CC2)c1Cl. The van der Waals surface area contributed by atoms with Gasteiger partial charge in [0.1, 0.15) is 34.4 Å². The number of nitrogens with zero attached hydrogens (tertiary/aromatic N) is 4. The zero-order chi connectivity index (χ0) is 22.9. The lowest BCUT2D eigenvalue weighted by atomic mass is 9.97. The molecule has 172 valence electrons. The Hall–Kier alpha value is -2.16. The predicted octanol–water partition coefficient (Wildman–Crippen LogP) is 5.86. The van der Waals surface area contributed by atoms with Gasteiger partial charge in [0.15, 0.2) is 0 Å². The number of aromatic nitrogens is 2. The van der Waals surface area contributed by atoms with Gasteiger partial charge < -0.3 is 14.1 Å². The maximum atomic E-state index is 6.79. The molecular weight excluding hydrogens is 479 g/mol. The first kappa shape index (κ1) is 22.6. The monoisotopic (exact) mass is 502 g/mol. The highest BCUT2D eigenvalue weighted by atomic mass is 35.5. The lowest BCUT2D eigenvalue weighted by Crippen LogP contribution is -2.45. The maximum absolute atomic E-state index is 6.79. The topological polar surface area (TPSA) is 54.6 Å². The summed E-state index contributed by atoms with van der Waals surface area (Å²) in [4.78, 5) is 15.2. The van der Waals surface area contributed by atoms with Crippen LogP contribution < -0.4 is 4.74 Å². The average Bonchev–Trinajstić information content (AvgIpc) is 3.47. The summed E-state index contributed by atoms with van der Waals surface area (Å²) in [5.74, 6) is 1.44. The van der Waals surface area contributed by atoms with Gasteiger partial charge in [0.05, 0.1) is 21.5 Å². The molecule has 0 spiro atoms. The summed E-state index contributed by atoms with van der Waals surface area (Å²) in [5.41, 5.74) is 2.81. The Bertz CT molecular complexity index is 1270. The molecule has 4 heterocycles. The molecule has 4 aromatic rings. The fourth-order valence-corrected chi connectivity index (χ4v) is 5.76. The molecule has 1 fully saturated rings. The number of piperazine rings is 1. The number of likely N-dealkylation sites (N-methyl/N-ethyl adjacent to an activating group) is 1. The fraction of sp³-hybridized carbons (Fsp3) is 0.333. The standard InChI is InChI=1S/C24H24Cl2N4O2S/c1-15-16(5-6-17(21(15)25)32-13-11-30-9-7-29(2)8-10-30)19-20-23(26)27-14-28-24(20)33-22(19)18-4-3-12-31-18/h3-6,12,14H,7-11,13H2,1-2H3. The molecule has 6 nitrogen and oxygen atoms in total. The van der Waals surface area contributed by atoms with Crippen molar-refractivity contribution in [2.24, 2.45) is 0 Å². The molecule has 9 heteroatoms. The largest absolute Gasteiger partial charge is 0.491 e. The van der Waals surface area contributed by atoms with E-state index in [9.17, 15) is 0 Å². The Balaban J connectivity index is 1.46. The first-order valence-electron chi connectivity index (χ1n) is 10.8. The normalized spacial score (nSPS) is 15.4. The number of thiophene rings is 1. The summed E-state index contributed by atoms with van der Waals surface area (Å²) >= 11 is 14.8. The maximum Gasteiger partial charge on any atom is 0.144 e. The minimum Gasteiger partial charge on any atom is -0.491 e. The fourth-order valence-electron chi connectivity index (χ4n) is 4.13. The number of fused-ring (bicyclic) bond motifs is 1. The third-order valence-corrected chi connectivity index (χ3v) is 7.94. The Labute approximate surface area is 206 Å². The number of hydrogen-bond donors (Lipinski definition) is 0. The summed E-state index contributed by atoms with van der Waals surface area (Å²) in [6.07, 6.45) is 3.14. The van der Waals surface area contributed by atoms with E-state index in [1.165, 1.54) is 17.7 Å². The Morgan fingerprint density at radius 3 is 2.70 bits per heavy atom. The molecule has 0 unspecified atom stereocenters. The minimum absolute atomic E-state index is 0.409. The van der Waals surface area contributed by atoms with Crippen molar-refractivity contribution in [3.63, 3.8) is 0 Å². The lowest BCUT2D eigenvalue weighted by Gasteiger charge is -2.32. The van der Waals surface area contributed by atoms with Crippen molar-refractivity contribution in [1.82, 2.24) is 19.8 Å². The van der Waals surface area contributed by atoms with Crippen molar-refractivity contribution in [2.45, 2.75) is 6.92 Å². The van der Waals surface area contributed by atoms with E-state index in [0.29, 0.717) is 22.5 Å². The molecule has 1 aromatic carbocycles. The van der Waals surface area contributed by atoms with Crippen molar-refractivity contribution >= 4 is 44.8 Å². The van der Waals surface area contributed by atoms with Crippen LogP contribution in [0.2, 0.25) is 10.2 Å². The summed E-state index contributed by atoms with van der Waals surface area (Å²) in [6, 6.07) is 7.77. The number of ether oxygens (including phenoxy) is 1. The van der Waals surface area contributed by atoms with Gasteiger partial charge in [-0.3, -0.25) is 4.90 Å². The van der Waals surface area contributed by atoms with Gasteiger partial charge in [-0.2, -0.15) is 0 Å². The second kappa shape index (κ2) is 9.60. The quantitative estimate of drug-likeness (QED) is 0.307. The number of hydrogen-bond acceptors (Lipinski definition) is 7. The van der Waals surface area contributed by atoms with Gasteiger partial charge in [-0.1, -0.05) is 29.3 Å². The smallest absolute Gasteiger partial charge is 0.144 e. The van der Waals surface area contributed by atoms with E-state index in [1.54, 1.807) is 6.26 Å². The number of benzene rings is 1. The van der Waals surface area contributed by atoms with Gasteiger partial charge in [-0.25, -0.2) is 9.97 Å². The second-order valence-electron chi connectivity index (χ2n) is 8.17. The zero-order valence-electron chi connectivity index (χ0n) is 18.5. The Morgan fingerprint density at radius 1 is 1.12 bits per heavy atom. The summed E-state index contributed by atoms with van der Waals surface area (Å²) in [5, 5.41) is 1.81. The van der Waals surface area contributed by atoms with Crippen molar-refractivity contribution < 1.29 is 9.15 Å². The average molecular weight is 503 g/mol. The van der Waals surface area contributed by atoms with Crippen LogP contribution in [-0.4, -0.2) is 66.1 Å². The molecule has 1 aliphatic rings. The molecular formula is C24H24Cl2N4O2S. The van der Waals surface area contributed by atoms with E-state index in [2.05, 4.69) is 26.8 Å². The summed E-state index contributed by atoms with van der Waals surface area (Å²) in [7, 11) is 2.16.